The number of likely N-dealkylation sites (tertiary alicyclic amines) is 1. The van der Waals surface area contributed by atoms with Gasteiger partial charge in [-0.05, 0) is 30.3 Å². The molecule has 0 aromatic heterocycles. The predicted octanol–water partition coefficient (Wildman–Crippen LogP) is 1.01. The molecule has 6 nitrogen and oxygen atoms in total. The van der Waals surface area contributed by atoms with Crippen molar-refractivity contribution in [2.24, 2.45) is 5.92 Å². The van der Waals surface area contributed by atoms with Gasteiger partial charge in [0.25, 0.3) is 0 Å². The molecule has 7 heteroatoms. The third-order valence-corrected chi connectivity index (χ3v) is 5.07. The van der Waals surface area contributed by atoms with Crippen LogP contribution in [0.4, 0.5) is 4.79 Å². The van der Waals surface area contributed by atoms with Crippen LogP contribution in [0.5, 0.6) is 0 Å². The highest BCUT2D eigenvalue weighted by molar-refractivity contribution is 7.99. The maximum absolute atomic E-state index is 12.2. The van der Waals surface area contributed by atoms with Crippen molar-refractivity contribution in [1.82, 2.24) is 10.2 Å². The van der Waals surface area contributed by atoms with Crippen LogP contribution in [-0.4, -0.2) is 65.9 Å². The van der Waals surface area contributed by atoms with Crippen LogP contribution in [0.25, 0.3) is 0 Å². The Morgan fingerprint density at radius 3 is 2.70 bits per heavy atom. The smallest absolute Gasteiger partial charge is 0.326 e. The van der Waals surface area contributed by atoms with Crippen molar-refractivity contribution in [3.8, 4) is 0 Å². The second-order valence-electron chi connectivity index (χ2n) is 5.34. The van der Waals surface area contributed by atoms with Crippen LogP contribution < -0.4 is 5.32 Å². The summed E-state index contributed by atoms with van der Waals surface area (Å²) in [7, 11) is 1.55. The van der Waals surface area contributed by atoms with Crippen molar-refractivity contribution in [2.45, 2.75) is 31.4 Å². The Labute approximate surface area is 123 Å². The molecule has 2 fully saturated rings. The van der Waals surface area contributed by atoms with Crippen LogP contribution in [0.2, 0.25) is 0 Å². The number of carboxylic acids is 1. The summed E-state index contributed by atoms with van der Waals surface area (Å²) >= 11 is 1.95. The molecule has 20 heavy (non-hydrogen) atoms. The minimum Gasteiger partial charge on any atom is -0.480 e. The lowest BCUT2D eigenvalue weighted by molar-refractivity contribution is -0.141. The van der Waals surface area contributed by atoms with Crippen molar-refractivity contribution < 1.29 is 19.4 Å². The number of urea groups is 1. The van der Waals surface area contributed by atoms with Crippen LogP contribution in [-0.2, 0) is 9.53 Å². The number of nitrogens with one attached hydrogen (secondary N) is 1. The summed E-state index contributed by atoms with van der Waals surface area (Å²) in [6, 6.07) is -1.06. The Morgan fingerprint density at radius 1 is 1.40 bits per heavy atom. The molecule has 2 N–H and O–H groups in total. The largest absolute Gasteiger partial charge is 0.480 e. The first kappa shape index (κ1) is 15.4. The molecular formula is C13H22N2O4S. The molecule has 2 atom stereocenters. The maximum atomic E-state index is 12.2. The van der Waals surface area contributed by atoms with Gasteiger partial charge in [0.15, 0.2) is 0 Å². The third-order valence-electron chi connectivity index (χ3n) is 4.02. The van der Waals surface area contributed by atoms with Crippen LogP contribution in [0.3, 0.4) is 0 Å². The quantitative estimate of drug-likeness (QED) is 0.810. The molecule has 2 rings (SSSR count). The Balaban J connectivity index is 1.85. The van der Waals surface area contributed by atoms with Crippen LogP contribution in [0.15, 0.2) is 0 Å². The fraction of sp³-hybridized carbons (Fsp3) is 0.846. The van der Waals surface area contributed by atoms with E-state index in [1.54, 1.807) is 7.11 Å². The van der Waals surface area contributed by atoms with Gasteiger partial charge in [-0.1, -0.05) is 0 Å². The van der Waals surface area contributed by atoms with E-state index in [1.165, 1.54) is 4.90 Å². The minimum absolute atomic E-state index is 0.187. The fourth-order valence-electron chi connectivity index (χ4n) is 2.71. The molecule has 2 aliphatic heterocycles. The monoisotopic (exact) mass is 302 g/mol. The summed E-state index contributed by atoms with van der Waals surface area (Å²) in [6.45, 7) is 0.986. The number of carbonyl (C=O) groups is 2. The fourth-order valence-corrected chi connectivity index (χ4v) is 3.91. The van der Waals surface area contributed by atoms with Crippen molar-refractivity contribution in [2.75, 3.05) is 31.7 Å². The summed E-state index contributed by atoms with van der Waals surface area (Å²) in [4.78, 5) is 24.7. The average Bonchev–Trinajstić information content (AvgIpc) is 2.90. The molecule has 2 unspecified atom stereocenters. The highest BCUT2D eigenvalue weighted by Gasteiger charge is 2.39. The van der Waals surface area contributed by atoms with Crippen molar-refractivity contribution in [3.05, 3.63) is 0 Å². The van der Waals surface area contributed by atoms with E-state index in [9.17, 15) is 14.7 Å². The first-order chi connectivity index (χ1) is 9.61. The van der Waals surface area contributed by atoms with Gasteiger partial charge >= 0.3 is 12.0 Å². The minimum atomic E-state index is -0.964. The summed E-state index contributed by atoms with van der Waals surface area (Å²) in [5.41, 5.74) is 0. The maximum Gasteiger partial charge on any atom is 0.326 e. The molecule has 2 heterocycles. The zero-order chi connectivity index (χ0) is 14.5. The molecule has 0 bridgehead atoms. The summed E-state index contributed by atoms with van der Waals surface area (Å²) in [6.07, 6.45) is 2.41. The first-order valence-electron chi connectivity index (χ1n) is 6.99. The molecule has 0 aromatic carbocycles. The molecule has 2 saturated heterocycles. The van der Waals surface area contributed by atoms with E-state index in [4.69, 9.17) is 4.74 Å². The van der Waals surface area contributed by atoms with Gasteiger partial charge in [-0.2, -0.15) is 11.8 Å². The van der Waals surface area contributed by atoms with Gasteiger partial charge in [0.1, 0.15) is 6.04 Å². The highest BCUT2D eigenvalue weighted by Crippen LogP contribution is 2.23. The lowest BCUT2D eigenvalue weighted by atomic mass is 10.0. The Hall–Kier alpha value is -0.950. The normalized spacial score (nSPS) is 27.6. The zero-order valence-electron chi connectivity index (χ0n) is 11.7. The second kappa shape index (κ2) is 7.17. The Morgan fingerprint density at radius 2 is 2.10 bits per heavy atom. The third kappa shape index (κ3) is 3.79. The van der Waals surface area contributed by atoms with E-state index in [0.29, 0.717) is 25.4 Å². The molecular weight excluding hydrogens is 280 g/mol. The van der Waals surface area contributed by atoms with Crippen molar-refractivity contribution in [1.29, 1.82) is 0 Å². The molecule has 0 saturated carbocycles. The number of hydrogen-bond acceptors (Lipinski definition) is 4. The standard InChI is InChI=1S/C13H22N2O4S/c1-19-10-6-11(12(16)17)15(8-10)13(18)14-7-9-2-4-20-5-3-9/h9-11H,2-8H2,1H3,(H,14,18)(H,16,17). The number of aliphatic carboxylic acids is 1. The number of thioether (sulfide) groups is 1. The molecule has 2 aliphatic rings. The van der Waals surface area contributed by atoms with E-state index in [2.05, 4.69) is 5.32 Å². The number of amides is 2. The van der Waals surface area contributed by atoms with Crippen LogP contribution >= 0.6 is 11.8 Å². The topological polar surface area (TPSA) is 78.9 Å². The van der Waals surface area contributed by atoms with Gasteiger partial charge in [-0.25, -0.2) is 9.59 Å². The number of hydrogen-bond donors (Lipinski definition) is 2. The number of methoxy groups -OCH3 is 1. The van der Waals surface area contributed by atoms with Gasteiger partial charge in [-0.3, -0.25) is 0 Å². The van der Waals surface area contributed by atoms with Gasteiger partial charge < -0.3 is 20.1 Å². The van der Waals surface area contributed by atoms with E-state index < -0.39 is 12.0 Å². The second-order valence-corrected chi connectivity index (χ2v) is 6.57. The molecule has 114 valence electrons. The van der Waals surface area contributed by atoms with Gasteiger partial charge in [0.05, 0.1) is 6.10 Å². The van der Waals surface area contributed by atoms with Gasteiger partial charge in [-0.15, -0.1) is 0 Å². The van der Waals surface area contributed by atoms with Crippen LogP contribution in [0.1, 0.15) is 19.3 Å². The zero-order valence-corrected chi connectivity index (χ0v) is 12.5. The van der Waals surface area contributed by atoms with E-state index in [1.807, 2.05) is 11.8 Å². The lowest BCUT2D eigenvalue weighted by Crippen LogP contribution is -2.47. The van der Waals surface area contributed by atoms with Crippen molar-refractivity contribution >= 4 is 23.8 Å². The summed E-state index contributed by atoms with van der Waals surface area (Å²) < 4.78 is 5.18. The number of carbonyl (C=O) groups excluding carboxylic acids is 1. The highest BCUT2D eigenvalue weighted by atomic mass is 32.2. The van der Waals surface area contributed by atoms with Gasteiger partial charge in [0, 0.05) is 26.6 Å². The first-order valence-corrected chi connectivity index (χ1v) is 8.15. The van der Waals surface area contributed by atoms with Crippen LogP contribution in [0, 0.1) is 5.92 Å². The summed E-state index contributed by atoms with van der Waals surface area (Å²) in [5.74, 6) is 1.85. The number of nitrogens with zero attached hydrogens (tertiary/aromatic N) is 1. The lowest BCUT2D eigenvalue weighted by Gasteiger charge is -2.25. The van der Waals surface area contributed by atoms with Gasteiger partial charge in [0.2, 0.25) is 0 Å². The molecule has 2 amide bonds. The van der Waals surface area contributed by atoms with E-state index in [0.717, 1.165) is 24.3 Å². The average molecular weight is 302 g/mol. The molecule has 0 spiro atoms. The van der Waals surface area contributed by atoms with Crippen molar-refractivity contribution in [3.63, 3.8) is 0 Å². The number of rotatable bonds is 4. The Bertz CT molecular complexity index is 360. The summed E-state index contributed by atoms with van der Waals surface area (Å²) in [5, 5.41) is 12.1. The molecule has 0 aromatic rings. The van der Waals surface area contributed by atoms with E-state index in [-0.39, 0.29) is 12.1 Å². The number of ether oxygens (including phenoxy) is 1. The predicted molar refractivity (Wildman–Crippen MR) is 77.0 cm³/mol. The van der Waals surface area contributed by atoms with E-state index >= 15 is 0 Å². The molecule has 0 radical (unpaired) electrons. The SMILES string of the molecule is COC1CC(C(=O)O)N(C(=O)NCC2CCSCC2)C1. The molecule has 0 aliphatic carbocycles. The Kier molecular flexibility index (Phi) is 5.54. The number of carboxylic acid groups (broad SMARTS) is 1.